The number of aromatic nitrogens is 3. The van der Waals surface area contributed by atoms with Gasteiger partial charge < -0.3 is 25.0 Å². The van der Waals surface area contributed by atoms with Crippen LogP contribution in [0.15, 0.2) is 17.5 Å². The summed E-state index contributed by atoms with van der Waals surface area (Å²) in [6.07, 6.45) is -1.60. The van der Waals surface area contributed by atoms with E-state index in [-0.39, 0.29) is 11.2 Å². The second-order valence-electron chi connectivity index (χ2n) is 8.60. The van der Waals surface area contributed by atoms with E-state index in [1.807, 2.05) is 33.3 Å². The molecule has 190 valence electrons. The van der Waals surface area contributed by atoms with E-state index < -0.39 is 11.9 Å². The van der Waals surface area contributed by atoms with Crippen LogP contribution >= 0.6 is 11.3 Å². The van der Waals surface area contributed by atoms with Crippen LogP contribution in [-0.4, -0.2) is 66.9 Å². The Labute approximate surface area is 205 Å². The zero-order chi connectivity index (χ0) is 25.0. The number of nitrogens with zero attached hydrogens (tertiary/aromatic N) is 4. The predicted octanol–water partition coefficient (Wildman–Crippen LogP) is 4.94. The number of alkyl halides is 3. The van der Waals surface area contributed by atoms with Gasteiger partial charge in [0.2, 0.25) is 0 Å². The Bertz CT molecular complexity index is 1150. The second-order valence-corrected chi connectivity index (χ2v) is 9.46. The zero-order valence-electron chi connectivity index (χ0n) is 19.9. The Balaban J connectivity index is 1.76. The molecule has 0 unspecified atom stereocenters. The molecule has 0 aliphatic carbocycles. The summed E-state index contributed by atoms with van der Waals surface area (Å²) >= 11 is 0.878. The molecule has 1 aromatic carbocycles. The number of fused-ring (bicyclic) bond motifs is 1. The number of hydrogen-bond donors (Lipinski definition) is 2. The number of hydrogen-bond acceptors (Lipinski definition) is 9. The number of halogens is 3. The third kappa shape index (κ3) is 6.50. The highest BCUT2D eigenvalue weighted by molar-refractivity contribution is 7.13. The molecule has 3 heterocycles. The smallest absolute Gasteiger partial charge is 0.434 e. The van der Waals surface area contributed by atoms with Crippen molar-refractivity contribution in [3.05, 3.63) is 29.0 Å². The van der Waals surface area contributed by atoms with Crippen LogP contribution in [0.25, 0.3) is 10.9 Å². The molecule has 1 aliphatic heterocycles. The van der Waals surface area contributed by atoms with Crippen molar-refractivity contribution in [3.63, 3.8) is 0 Å². The highest BCUT2D eigenvalue weighted by atomic mass is 32.1. The van der Waals surface area contributed by atoms with Crippen molar-refractivity contribution in [2.75, 3.05) is 51.5 Å². The molecule has 0 radical (unpaired) electrons. The SMILES string of the molecule is CNc1cc(OC2CCOCC2)c2c(Nc3nc(C(F)(F)F)cs3)nc(CCCN(C)C)nc2c1. The van der Waals surface area contributed by atoms with Crippen LogP contribution in [0, 0.1) is 0 Å². The van der Waals surface area contributed by atoms with E-state index in [0.29, 0.717) is 47.9 Å². The van der Waals surface area contributed by atoms with E-state index >= 15 is 0 Å². The minimum atomic E-state index is -4.51. The van der Waals surface area contributed by atoms with Crippen LogP contribution in [0.4, 0.5) is 29.8 Å². The van der Waals surface area contributed by atoms with E-state index in [9.17, 15) is 13.2 Å². The average Bonchev–Trinajstić information content (AvgIpc) is 3.28. The highest BCUT2D eigenvalue weighted by Crippen LogP contribution is 2.38. The van der Waals surface area contributed by atoms with Crippen molar-refractivity contribution in [1.82, 2.24) is 19.9 Å². The van der Waals surface area contributed by atoms with Gasteiger partial charge in [-0.25, -0.2) is 15.0 Å². The van der Waals surface area contributed by atoms with Crippen LogP contribution < -0.4 is 15.4 Å². The van der Waals surface area contributed by atoms with Crippen LogP contribution in [0.1, 0.15) is 30.8 Å². The number of aryl methyl sites for hydroxylation is 1. The molecule has 2 N–H and O–H groups in total. The molecule has 0 saturated carbocycles. The highest BCUT2D eigenvalue weighted by Gasteiger charge is 2.34. The lowest BCUT2D eigenvalue weighted by Gasteiger charge is -2.25. The summed E-state index contributed by atoms with van der Waals surface area (Å²) in [4.78, 5) is 15.3. The predicted molar refractivity (Wildman–Crippen MR) is 131 cm³/mol. The van der Waals surface area contributed by atoms with Gasteiger partial charge in [0.15, 0.2) is 10.8 Å². The molecule has 3 aromatic rings. The summed E-state index contributed by atoms with van der Waals surface area (Å²) in [7, 11) is 5.80. The maximum Gasteiger partial charge on any atom is 0.434 e. The van der Waals surface area contributed by atoms with Gasteiger partial charge in [0.1, 0.15) is 23.5 Å². The van der Waals surface area contributed by atoms with Gasteiger partial charge in [-0.05, 0) is 33.1 Å². The van der Waals surface area contributed by atoms with E-state index in [1.165, 1.54) is 0 Å². The lowest BCUT2D eigenvalue weighted by molar-refractivity contribution is -0.140. The molecule has 35 heavy (non-hydrogen) atoms. The Kier molecular flexibility index (Phi) is 7.92. The summed E-state index contributed by atoms with van der Waals surface area (Å²) in [6, 6.07) is 3.75. The van der Waals surface area contributed by atoms with Gasteiger partial charge in [0.05, 0.1) is 24.1 Å². The van der Waals surface area contributed by atoms with Crippen LogP contribution in [-0.2, 0) is 17.3 Å². The van der Waals surface area contributed by atoms with E-state index in [0.717, 1.165) is 48.2 Å². The van der Waals surface area contributed by atoms with E-state index in [1.54, 1.807) is 0 Å². The molecule has 0 amide bonds. The number of thiazole rings is 1. The van der Waals surface area contributed by atoms with E-state index in [2.05, 4.69) is 20.5 Å². The molecule has 0 atom stereocenters. The van der Waals surface area contributed by atoms with Gasteiger partial charge in [0, 0.05) is 43.4 Å². The lowest BCUT2D eigenvalue weighted by atomic mass is 10.1. The van der Waals surface area contributed by atoms with Gasteiger partial charge in [-0.1, -0.05) is 0 Å². The van der Waals surface area contributed by atoms with Crippen molar-refractivity contribution >= 4 is 38.9 Å². The summed E-state index contributed by atoms with van der Waals surface area (Å²) in [5.74, 6) is 1.54. The summed E-state index contributed by atoms with van der Waals surface area (Å²) < 4.78 is 51.2. The molecular formula is C23H29F3N6O2S. The topological polar surface area (TPSA) is 84.4 Å². The largest absolute Gasteiger partial charge is 0.489 e. The third-order valence-corrected chi connectivity index (χ3v) is 6.34. The standard InChI is InChI=1S/C23H29F3N6O2S/c1-27-14-11-16-20(17(12-14)34-15-6-9-33-10-7-15)21(30-19(28-16)5-4-8-32(2)3)31-22-29-18(13-35-22)23(24,25)26/h11-13,15,27H,4-10H2,1-3H3,(H,28,29,30,31). The number of benzene rings is 1. The Morgan fingerprint density at radius 1 is 1.17 bits per heavy atom. The van der Waals surface area contributed by atoms with Crippen LogP contribution in [0.5, 0.6) is 5.75 Å². The second kappa shape index (κ2) is 10.9. The first-order chi connectivity index (χ1) is 16.7. The maximum absolute atomic E-state index is 13.1. The van der Waals surface area contributed by atoms with Gasteiger partial charge >= 0.3 is 6.18 Å². The summed E-state index contributed by atoms with van der Waals surface area (Å²) in [5, 5.41) is 7.85. The molecule has 12 heteroatoms. The van der Waals surface area contributed by atoms with Crippen LogP contribution in [0.2, 0.25) is 0 Å². The number of ether oxygens (including phenoxy) is 2. The normalized spacial score (nSPS) is 15.1. The third-order valence-electron chi connectivity index (χ3n) is 5.58. The monoisotopic (exact) mass is 510 g/mol. The van der Waals surface area contributed by atoms with Crippen molar-refractivity contribution < 1.29 is 22.6 Å². The molecular weight excluding hydrogens is 481 g/mol. The lowest BCUT2D eigenvalue weighted by Crippen LogP contribution is -2.26. The fraction of sp³-hybridized carbons (Fsp3) is 0.522. The molecule has 1 saturated heterocycles. The Morgan fingerprint density at radius 3 is 2.60 bits per heavy atom. The van der Waals surface area contributed by atoms with E-state index in [4.69, 9.17) is 19.4 Å². The number of nitrogens with one attached hydrogen (secondary N) is 2. The molecule has 0 spiro atoms. The minimum Gasteiger partial charge on any atom is -0.489 e. The quantitative estimate of drug-likeness (QED) is 0.419. The van der Waals surface area contributed by atoms with Crippen LogP contribution in [0.3, 0.4) is 0 Å². The van der Waals surface area contributed by atoms with Gasteiger partial charge in [0.25, 0.3) is 0 Å². The molecule has 8 nitrogen and oxygen atoms in total. The Hall–Kier alpha value is -2.70. The molecule has 2 aromatic heterocycles. The van der Waals surface area contributed by atoms with Crippen molar-refractivity contribution in [3.8, 4) is 5.75 Å². The average molecular weight is 511 g/mol. The van der Waals surface area contributed by atoms with Crippen molar-refractivity contribution in [2.24, 2.45) is 0 Å². The molecule has 1 fully saturated rings. The summed E-state index contributed by atoms with van der Waals surface area (Å²) in [6.45, 7) is 2.09. The number of rotatable bonds is 9. The fourth-order valence-electron chi connectivity index (χ4n) is 3.80. The van der Waals surface area contributed by atoms with Crippen molar-refractivity contribution in [2.45, 2.75) is 38.0 Å². The number of anilines is 3. The fourth-order valence-corrected chi connectivity index (χ4v) is 4.52. The van der Waals surface area contributed by atoms with Gasteiger partial charge in [-0.15, -0.1) is 11.3 Å². The molecule has 4 rings (SSSR count). The first-order valence-corrected chi connectivity index (χ1v) is 12.3. The maximum atomic E-state index is 13.1. The zero-order valence-corrected chi connectivity index (χ0v) is 20.7. The molecule has 0 bridgehead atoms. The Morgan fingerprint density at radius 2 is 1.94 bits per heavy atom. The molecule has 1 aliphatic rings. The van der Waals surface area contributed by atoms with Crippen molar-refractivity contribution in [1.29, 1.82) is 0 Å². The first-order valence-electron chi connectivity index (χ1n) is 11.4. The first kappa shape index (κ1) is 25.4. The van der Waals surface area contributed by atoms with Gasteiger partial charge in [-0.3, -0.25) is 0 Å². The minimum absolute atomic E-state index is 0.0385. The summed E-state index contributed by atoms with van der Waals surface area (Å²) in [5.41, 5.74) is 0.520. The van der Waals surface area contributed by atoms with Gasteiger partial charge in [-0.2, -0.15) is 13.2 Å².